The summed E-state index contributed by atoms with van der Waals surface area (Å²) in [6.45, 7) is 3.81. The Morgan fingerprint density at radius 2 is 1.90 bits per heavy atom. The Bertz CT molecular complexity index is 1220. The molecule has 1 aromatic carbocycles. The van der Waals surface area contributed by atoms with E-state index >= 15 is 0 Å². The lowest BCUT2D eigenvalue weighted by Gasteiger charge is -2.29. The van der Waals surface area contributed by atoms with E-state index in [-0.39, 0.29) is 29.1 Å². The van der Waals surface area contributed by atoms with Crippen LogP contribution in [0.4, 0.5) is 19.0 Å². The van der Waals surface area contributed by atoms with Gasteiger partial charge in [-0.1, -0.05) is 0 Å². The zero-order valence-corrected chi connectivity index (χ0v) is 16.6. The van der Waals surface area contributed by atoms with E-state index in [0.717, 1.165) is 29.0 Å². The van der Waals surface area contributed by atoms with Gasteiger partial charge in [-0.2, -0.15) is 0 Å². The number of nitrogens with one attached hydrogen (secondary N) is 1. The minimum atomic E-state index is -0.936. The Kier molecular flexibility index (Phi) is 5.64. The van der Waals surface area contributed by atoms with Crippen LogP contribution in [0.5, 0.6) is 0 Å². The summed E-state index contributed by atoms with van der Waals surface area (Å²) >= 11 is 0. The van der Waals surface area contributed by atoms with Crippen molar-refractivity contribution in [2.45, 2.75) is 6.92 Å². The summed E-state index contributed by atoms with van der Waals surface area (Å²) in [6.07, 6.45) is 1.09. The minimum Gasteiger partial charge on any atom is -0.462 e. The highest BCUT2D eigenvalue weighted by Gasteiger charge is 2.23. The van der Waals surface area contributed by atoms with Crippen LogP contribution in [0.2, 0.25) is 0 Å². The maximum Gasteiger partial charge on any atom is 0.343 e. The van der Waals surface area contributed by atoms with Crippen molar-refractivity contribution < 1.29 is 22.7 Å². The number of carbonyl (C=O) groups excluding carboxylic acids is 1. The molecule has 0 bridgehead atoms. The number of nitrogens with zero attached hydrogens (tertiary/aromatic N) is 3. The van der Waals surface area contributed by atoms with Gasteiger partial charge in [-0.25, -0.2) is 22.9 Å². The summed E-state index contributed by atoms with van der Waals surface area (Å²) in [4.78, 5) is 31.2. The molecule has 2 aromatic heterocycles. The molecular weight excluding hydrogens is 413 g/mol. The molecule has 7 nitrogen and oxygen atoms in total. The van der Waals surface area contributed by atoms with Crippen LogP contribution in [0.1, 0.15) is 17.3 Å². The first-order chi connectivity index (χ1) is 14.9. The van der Waals surface area contributed by atoms with Gasteiger partial charge in [0.2, 0.25) is 5.43 Å². The zero-order chi connectivity index (χ0) is 22.1. The summed E-state index contributed by atoms with van der Waals surface area (Å²) < 4.78 is 49.0. The minimum absolute atomic E-state index is 0.00792. The number of esters is 1. The first kappa shape index (κ1) is 20.9. The summed E-state index contributed by atoms with van der Waals surface area (Å²) in [5.41, 5.74) is -1.40. The van der Waals surface area contributed by atoms with Gasteiger partial charge in [0.05, 0.1) is 17.7 Å². The van der Waals surface area contributed by atoms with Crippen molar-refractivity contribution in [3.63, 3.8) is 0 Å². The molecule has 1 aliphatic rings. The highest BCUT2D eigenvalue weighted by Crippen LogP contribution is 2.25. The quantitative estimate of drug-likeness (QED) is 0.638. The number of anilines is 1. The topological polar surface area (TPSA) is 76.5 Å². The molecule has 3 heterocycles. The van der Waals surface area contributed by atoms with Crippen molar-refractivity contribution in [2.24, 2.45) is 0 Å². The first-order valence-electron chi connectivity index (χ1n) is 9.74. The number of halogens is 3. The molecule has 0 spiro atoms. The molecule has 1 saturated heterocycles. The van der Waals surface area contributed by atoms with Crippen molar-refractivity contribution in [3.05, 3.63) is 63.7 Å². The molecule has 1 aliphatic heterocycles. The van der Waals surface area contributed by atoms with Gasteiger partial charge in [0.15, 0.2) is 17.3 Å². The fraction of sp³-hybridized carbons (Fsp3) is 0.286. The molecule has 0 saturated carbocycles. The Hall–Kier alpha value is -3.40. The van der Waals surface area contributed by atoms with E-state index in [1.807, 2.05) is 0 Å². The second kappa shape index (κ2) is 8.38. The van der Waals surface area contributed by atoms with Gasteiger partial charge in [0, 0.05) is 38.4 Å². The SMILES string of the molecule is CCOC(=O)c1cn(-c2ccc(F)cc2F)c2nc(N3CCNCC3)c(F)cc2c1=O. The summed E-state index contributed by atoms with van der Waals surface area (Å²) in [6, 6.07) is 3.85. The number of benzene rings is 1. The van der Waals surface area contributed by atoms with Crippen LogP contribution >= 0.6 is 0 Å². The van der Waals surface area contributed by atoms with Crippen LogP contribution in [0.25, 0.3) is 16.7 Å². The molecular formula is C21H19F3N4O3. The monoisotopic (exact) mass is 432 g/mol. The third-order valence-electron chi connectivity index (χ3n) is 4.99. The molecule has 0 aliphatic carbocycles. The van der Waals surface area contributed by atoms with E-state index in [1.54, 1.807) is 11.8 Å². The second-order valence-corrected chi connectivity index (χ2v) is 6.96. The van der Waals surface area contributed by atoms with E-state index < -0.39 is 34.4 Å². The van der Waals surface area contributed by atoms with E-state index in [2.05, 4.69) is 10.3 Å². The van der Waals surface area contributed by atoms with E-state index in [9.17, 15) is 22.8 Å². The number of hydrogen-bond acceptors (Lipinski definition) is 6. The second-order valence-electron chi connectivity index (χ2n) is 6.96. The Labute approximate surface area is 175 Å². The largest absolute Gasteiger partial charge is 0.462 e. The van der Waals surface area contributed by atoms with E-state index in [0.29, 0.717) is 32.2 Å². The van der Waals surface area contributed by atoms with Crippen LogP contribution < -0.4 is 15.6 Å². The normalized spacial score (nSPS) is 14.1. The third-order valence-corrected chi connectivity index (χ3v) is 4.99. The smallest absolute Gasteiger partial charge is 0.343 e. The van der Waals surface area contributed by atoms with Gasteiger partial charge in [0.25, 0.3) is 0 Å². The fourth-order valence-corrected chi connectivity index (χ4v) is 3.53. The molecule has 0 atom stereocenters. The molecule has 0 unspecified atom stereocenters. The van der Waals surface area contributed by atoms with Gasteiger partial charge >= 0.3 is 5.97 Å². The molecule has 3 aromatic rings. The molecule has 4 rings (SSSR count). The van der Waals surface area contributed by atoms with E-state index in [1.165, 1.54) is 0 Å². The lowest BCUT2D eigenvalue weighted by Crippen LogP contribution is -2.44. The van der Waals surface area contributed by atoms with Crippen molar-refractivity contribution in [3.8, 4) is 5.69 Å². The molecule has 0 amide bonds. The van der Waals surface area contributed by atoms with Crippen molar-refractivity contribution in [2.75, 3.05) is 37.7 Å². The number of pyridine rings is 2. The zero-order valence-electron chi connectivity index (χ0n) is 16.6. The standard InChI is InChI=1S/C21H19F3N4O3/c1-2-31-21(30)14-11-28(17-4-3-12(22)9-15(17)23)19-13(18(14)29)10-16(24)20(26-19)27-7-5-25-6-8-27/h3-4,9-11,25H,2,5-8H2,1H3. The number of aromatic nitrogens is 2. The molecule has 1 fully saturated rings. The van der Waals surface area contributed by atoms with Crippen LogP contribution in [-0.4, -0.2) is 48.3 Å². The van der Waals surface area contributed by atoms with Crippen molar-refractivity contribution >= 4 is 22.8 Å². The number of piperazine rings is 1. The number of hydrogen-bond donors (Lipinski definition) is 1. The van der Waals surface area contributed by atoms with Crippen molar-refractivity contribution in [1.29, 1.82) is 0 Å². The summed E-state index contributed by atoms with van der Waals surface area (Å²) in [5.74, 6) is -3.39. The third kappa shape index (κ3) is 3.86. The maximum absolute atomic E-state index is 14.9. The van der Waals surface area contributed by atoms with Gasteiger partial charge in [-0.15, -0.1) is 0 Å². The first-order valence-corrected chi connectivity index (χ1v) is 9.74. The number of ether oxygens (including phenoxy) is 1. The van der Waals surface area contributed by atoms with Gasteiger partial charge in [-0.05, 0) is 25.1 Å². The Morgan fingerprint density at radius 3 is 2.58 bits per heavy atom. The van der Waals surface area contributed by atoms with Gasteiger partial charge < -0.3 is 15.0 Å². The summed E-state index contributed by atoms with van der Waals surface area (Å²) in [5, 5.41) is 2.93. The lowest BCUT2D eigenvalue weighted by atomic mass is 10.1. The van der Waals surface area contributed by atoms with Gasteiger partial charge in [-0.3, -0.25) is 9.36 Å². The lowest BCUT2D eigenvalue weighted by molar-refractivity contribution is 0.0524. The molecule has 10 heteroatoms. The number of fused-ring (bicyclic) bond motifs is 1. The Balaban J connectivity index is 2.02. The Morgan fingerprint density at radius 1 is 1.16 bits per heavy atom. The number of carbonyl (C=O) groups is 1. The van der Waals surface area contributed by atoms with Gasteiger partial charge in [0.1, 0.15) is 17.2 Å². The molecule has 1 N–H and O–H groups in total. The average Bonchev–Trinajstić information content (AvgIpc) is 2.75. The summed E-state index contributed by atoms with van der Waals surface area (Å²) in [7, 11) is 0. The molecule has 0 radical (unpaired) electrons. The predicted octanol–water partition coefficient (Wildman–Crippen LogP) is 2.39. The average molecular weight is 432 g/mol. The highest BCUT2D eigenvalue weighted by atomic mass is 19.1. The van der Waals surface area contributed by atoms with Crippen LogP contribution in [0, 0.1) is 17.5 Å². The van der Waals surface area contributed by atoms with Crippen molar-refractivity contribution in [1.82, 2.24) is 14.9 Å². The molecule has 31 heavy (non-hydrogen) atoms. The highest BCUT2D eigenvalue weighted by molar-refractivity contribution is 5.94. The van der Waals surface area contributed by atoms with Crippen LogP contribution in [-0.2, 0) is 4.74 Å². The molecule has 162 valence electrons. The maximum atomic E-state index is 14.9. The predicted molar refractivity (Wildman–Crippen MR) is 108 cm³/mol. The van der Waals surface area contributed by atoms with Crippen LogP contribution in [0.3, 0.4) is 0 Å². The fourth-order valence-electron chi connectivity index (χ4n) is 3.53. The van der Waals surface area contributed by atoms with Crippen LogP contribution in [0.15, 0.2) is 35.3 Å². The number of rotatable bonds is 4. The van der Waals surface area contributed by atoms with E-state index in [4.69, 9.17) is 4.74 Å².